The van der Waals surface area contributed by atoms with Crippen molar-refractivity contribution in [1.29, 1.82) is 0 Å². The lowest BCUT2D eigenvalue weighted by Crippen LogP contribution is -2.78. The SMILES string of the molecule is CC(Cc1ccccc1)C(O)CCCC12O[C@H](C(=O)O)[C@@](O)(C(=O)O)C(C(=O)O)(O1)[C@H](OC(=O)CCCCCCCCc1ccccc1)[C@H]2O. The lowest BCUT2D eigenvalue weighted by Gasteiger charge is -2.48. The number of aliphatic carboxylic acids is 3. The molecule has 0 radical (unpaired) electrons. The van der Waals surface area contributed by atoms with Crippen LogP contribution >= 0.6 is 0 Å². The average Bonchev–Trinajstić information content (AvgIpc) is 3.30. The molecule has 0 amide bonds. The minimum Gasteiger partial charge on any atom is -0.479 e. The van der Waals surface area contributed by atoms with Crippen LogP contribution in [0, 0.1) is 5.92 Å². The van der Waals surface area contributed by atoms with E-state index in [2.05, 4.69) is 12.1 Å². The summed E-state index contributed by atoms with van der Waals surface area (Å²) in [6.07, 6.45) is -2.43. The topological polar surface area (TPSA) is 217 Å². The first-order valence-corrected chi connectivity index (χ1v) is 17.2. The summed E-state index contributed by atoms with van der Waals surface area (Å²) in [5, 5.41) is 64.0. The number of fused-ring (bicyclic) bond motifs is 2. The highest BCUT2D eigenvalue weighted by Gasteiger charge is 2.85. The predicted octanol–water partition coefficient (Wildman–Crippen LogP) is 3.49. The van der Waals surface area contributed by atoms with Crippen molar-refractivity contribution < 1.29 is 64.0 Å². The Morgan fingerprint density at radius 2 is 1.40 bits per heavy atom. The molecule has 50 heavy (non-hydrogen) atoms. The zero-order valence-corrected chi connectivity index (χ0v) is 28.2. The van der Waals surface area contributed by atoms with Gasteiger partial charge in [0.25, 0.3) is 0 Å². The maximum Gasteiger partial charge on any atom is 0.344 e. The fourth-order valence-corrected chi connectivity index (χ4v) is 7.06. The van der Waals surface area contributed by atoms with E-state index >= 15 is 0 Å². The van der Waals surface area contributed by atoms with Gasteiger partial charge in [0.2, 0.25) is 23.1 Å². The van der Waals surface area contributed by atoms with E-state index in [9.17, 15) is 49.8 Å². The number of carboxylic acid groups (broad SMARTS) is 3. The van der Waals surface area contributed by atoms with Gasteiger partial charge >= 0.3 is 23.9 Å². The van der Waals surface area contributed by atoms with E-state index in [0.717, 1.165) is 37.7 Å². The summed E-state index contributed by atoms with van der Waals surface area (Å²) in [7, 11) is 0. The Hall–Kier alpha value is -3.88. The number of ether oxygens (including phenoxy) is 3. The Morgan fingerprint density at radius 3 is 1.98 bits per heavy atom. The zero-order valence-electron chi connectivity index (χ0n) is 28.2. The van der Waals surface area contributed by atoms with Gasteiger partial charge in [-0.25, -0.2) is 14.4 Å². The average molecular weight is 701 g/mol. The molecule has 2 aliphatic heterocycles. The molecule has 274 valence electrons. The van der Waals surface area contributed by atoms with Crippen molar-refractivity contribution in [3.05, 3.63) is 71.8 Å². The largest absolute Gasteiger partial charge is 0.479 e. The number of aliphatic hydroxyl groups excluding tert-OH is 2. The molecule has 2 fully saturated rings. The maximum absolute atomic E-state index is 13.0. The normalized spacial score (nSPS) is 28.4. The number of rotatable bonds is 20. The molecular formula is C37H48O13. The van der Waals surface area contributed by atoms with Crippen molar-refractivity contribution in [3.8, 4) is 0 Å². The second-order valence-electron chi connectivity index (χ2n) is 13.5. The Balaban J connectivity index is 1.42. The van der Waals surface area contributed by atoms with Gasteiger partial charge in [0.15, 0.2) is 6.10 Å². The summed E-state index contributed by atoms with van der Waals surface area (Å²) in [5.41, 5.74) is -5.01. The molecule has 13 nitrogen and oxygen atoms in total. The van der Waals surface area contributed by atoms with Gasteiger partial charge in [-0.1, -0.05) is 93.3 Å². The van der Waals surface area contributed by atoms with Gasteiger partial charge in [0, 0.05) is 12.8 Å². The highest BCUT2D eigenvalue weighted by Crippen LogP contribution is 2.55. The fraction of sp³-hybridized carbons (Fsp3) is 0.568. The Morgan fingerprint density at radius 1 is 0.820 bits per heavy atom. The lowest BCUT2D eigenvalue weighted by molar-refractivity contribution is -0.374. The standard InChI is InChI=1S/C37H48O13/c1-24(23-26-18-11-7-12-19-26)27(38)20-14-22-35-29(40)30(37(50-35,34(45)46)36(47,33(43)44)31(49-35)32(41)42)48-28(39)21-13-5-3-2-4-8-15-25-16-9-6-10-17-25/h6-7,9-12,16-19,24,27,29-31,38,40,47H,2-5,8,13-15,20-23H2,1H3,(H,41,42)(H,43,44)(H,45,46)/t24?,27?,29-,30-,31-,35?,36-,37?/m1/s1. The number of unbranched alkanes of at least 4 members (excludes halogenated alkanes) is 5. The van der Waals surface area contributed by atoms with Crippen LogP contribution in [0.25, 0.3) is 0 Å². The van der Waals surface area contributed by atoms with Crippen LogP contribution in [0.3, 0.4) is 0 Å². The molecule has 2 saturated heterocycles. The van der Waals surface area contributed by atoms with E-state index in [-0.39, 0.29) is 25.2 Å². The van der Waals surface area contributed by atoms with E-state index < -0.39 is 71.7 Å². The Labute approximate surface area is 290 Å². The predicted molar refractivity (Wildman–Crippen MR) is 177 cm³/mol. The molecule has 2 aliphatic rings. The van der Waals surface area contributed by atoms with Crippen LogP contribution in [-0.2, 0) is 46.2 Å². The van der Waals surface area contributed by atoms with E-state index in [4.69, 9.17) is 14.2 Å². The van der Waals surface area contributed by atoms with Crippen LogP contribution in [0.5, 0.6) is 0 Å². The van der Waals surface area contributed by atoms with Crippen molar-refractivity contribution in [2.45, 2.75) is 125 Å². The third kappa shape index (κ3) is 8.18. The monoisotopic (exact) mass is 700 g/mol. The zero-order chi connectivity index (χ0) is 36.5. The van der Waals surface area contributed by atoms with Gasteiger partial charge in [0.05, 0.1) is 6.10 Å². The van der Waals surface area contributed by atoms with Crippen molar-refractivity contribution in [2.24, 2.45) is 5.92 Å². The molecule has 6 N–H and O–H groups in total. The quantitative estimate of drug-likeness (QED) is 0.0862. The lowest BCUT2D eigenvalue weighted by atomic mass is 9.74. The Bertz CT molecular complexity index is 1450. The summed E-state index contributed by atoms with van der Waals surface area (Å²) in [5.74, 6) is -10.2. The number of aryl methyl sites for hydroxylation is 1. The van der Waals surface area contributed by atoms with E-state index in [1.165, 1.54) is 5.56 Å². The second-order valence-corrected chi connectivity index (χ2v) is 13.5. The van der Waals surface area contributed by atoms with Gasteiger partial charge in [-0.15, -0.1) is 0 Å². The minimum atomic E-state index is -3.82. The number of benzene rings is 2. The molecule has 0 aliphatic carbocycles. The molecule has 2 aromatic rings. The van der Waals surface area contributed by atoms with Crippen molar-refractivity contribution in [1.82, 2.24) is 0 Å². The number of hydrogen-bond donors (Lipinski definition) is 6. The first-order valence-electron chi connectivity index (χ1n) is 17.2. The van der Waals surface area contributed by atoms with E-state index in [1.807, 2.05) is 55.5 Å². The summed E-state index contributed by atoms with van der Waals surface area (Å²) in [6.45, 7) is 1.83. The molecule has 13 heteroatoms. The van der Waals surface area contributed by atoms with E-state index in [0.29, 0.717) is 19.3 Å². The van der Waals surface area contributed by atoms with Crippen LogP contribution in [-0.4, -0.2) is 95.9 Å². The van der Waals surface area contributed by atoms with Crippen molar-refractivity contribution >= 4 is 23.9 Å². The van der Waals surface area contributed by atoms with E-state index in [1.54, 1.807) is 0 Å². The fourth-order valence-electron chi connectivity index (χ4n) is 7.06. The van der Waals surface area contributed by atoms with Gasteiger partial charge in [-0.3, -0.25) is 4.79 Å². The number of hydrogen-bond acceptors (Lipinski definition) is 10. The first-order chi connectivity index (χ1) is 23.8. The van der Waals surface area contributed by atoms with Gasteiger partial charge in [-0.2, -0.15) is 0 Å². The maximum atomic E-state index is 13.0. The van der Waals surface area contributed by atoms with Gasteiger partial charge in [0.1, 0.15) is 6.10 Å². The molecule has 8 atom stereocenters. The number of carbonyl (C=O) groups is 4. The number of esters is 1. The Kier molecular flexibility index (Phi) is 13.1. The molecule has 2 heterocycles. The molecule has 2 aromatic carbocycles. The highest BCUT2D eigenvalue weighted by atomic mass is 16.8. The third-order valence-electron chi connectivity index (χ3n) is 9.88. The molecule has 4 unspecified atom stereocenters. The molecule has 0 saturated carbocycles. The smallest absolute Gasteiger partial charge is 0.344 e. The van der Waals surface area contributed by atoms with Crippen molar-refractivity contribution in [2.75, 3.05) is 0 Å². The summed E-state index contributed by atoms with van der Waals surface area (Å²) < 4.78 is 16.5. The van der Waals surface area contributed by atoms with Crippen LogP contribution < -0.4 is 0 Å². The number of carbonyl (C=O) groups excluding carboxylic acids is 1. The first kappa shape index (κ1) is 38.9. The van der Waals surface area contributed by atoms with Crippen LogP contribution in [0.2, 0.25) is 0 Å². The van der Waals surface area contributed by atoms with Crippen LogP contribution in [0.4, 0.5) is 0 Å². The second kappa shape index (κ2) is 16.9. The summed E-state index contributed by atoms with van der Waals surface area (Å²) in [4.78, 5) is 50.7. The van der Waals surface area contributed by atoms with Gasteiger partial charge < -0.3 is 44.8 Å². The van der Waals surface area contributed by atoms with Crippen LogP contribution in [0.1, 0.15) is 82.3 Å². The molecule has 0 spiro atoms. The van der Waals surface area contributed by atoms with Gasteiger partial charge in [-0.05, 0) is 55.6 Å². The molecule has 0 aromatic heterocycles. The minimum absolute atomic E-state index is 0.00307. The molecule has 2 bridgehead atoms. The summed E-state index contributed by atoms with van der Waals surface area (Å²) >= 11 is 0. The highest BCUT2D eigenvalue weighted by molar-refractivity contribution is 5.98. The van der Waals surface area contributed by atoms with Crippen molar-refractivity contribution in [3.63, 3.8) is 0 Å². The summed E-state index contributed by atoms with van der Waals surface area (Å²) in [6, 6.07) is 19.6. The molecule has 4 rings (SSSR count). The molecular weight excluding hydrogens is 652 g/mol. The number of aliphatic hydroxyl groups is 3. The van der Waals surface area contributed by atoms with Crippen LogP contribution in [0.15, 0.2) is 60.7 Å². The number of carboxylic acids is 3. The third-order valence-corrected chi connectivity index (χ3v) is 9.88.